The number of hydrogen-bond donors (Lipinski definition) is 2. The molecule has 1 amide bonds. The molecule has 0 spiro atoms. The molecule has 0 saturated carbocycles. The average Bonchev–Trinajstić information content (AvgIpc) is 3.21. The number of nitrogens with zero attached hydrogens (tertiary/aromatic N) is 2. The lowest BCUT2D eigenvalue weighted by atomic mass is 10.1. The summed E-state index contributed by atoms with van der Waals surface area (Å²) < 4.78 is 5.31. The molecule has 2 aromatic carbocycles. The van der Waals surface area contributed by atoms with Gasteiger partial charge >= 0.3 is 5.97 Å². The number of esters is 1. The number of benzene rings is 2. The fourth-order valence-corrected chi connectivity index (χ4v) is 3.80. The number of anilines is 1. The van der Waals surface area contributed by atoms with Crippen LogP contribution in [0.5, 0.6) is 0 Å². The van der Waals surface area contributed by atoms with E-state index in [1.54, 1.807) is 29.6 Å². The van der Waals surface area contributed by atoms with Crippen LogP contribution >= 0.6 is 11.3 Å². The number of fused-ring (bicyclic) bond motifs is 1. The van der Waals surface area contributed by atoms with Crippen LogP contribution in [-0.2, 0) is 22.6 Å². The van der Waals surface area contributed by atoms with Crippen LogP contribution in [-0.4, -0.2) is 27.1 Å². The Hall–Kier alpha value is -3.85. The lowest BCUT2D eigenvalue weighted by molar-refractivity contribution is -0.115. The van der Waals surface area contributed by atoms with E-state index < -0.39 is 5.97 Å². The molecule has 156 valence electrons. The highest BCUT2D eigenvalue weighted by molar-refractivity contribution is 7.09. The molecule has 0 saturated heterocycles. The molecular weight excluding hydrogens is 416 g/mol. The minimum atomic E-state index is -0.667. The van der Waals surface area contributed by atoms with E-state index in [4.69, 9.17) is 4.74 Å². The van der Waals surface area contributed by atoms with Crippen LogP contribution in [0.1, 0.15) is 26.8 Å². The highest BCUT2D eigenvalue weighted by atomic mass is 32.1. The van der Waals surface area contributed by atoms with Crippen molar-refractivity contribution in [2.75, 3.05) is 5.32 Å². The second-order valence-corrected chi connectivity index (χ2v) is 7.74. The van der Waals surface area contributed by atoms with E-state index in [0.29, 0.717) is 21.5 Å². The van der Waals surface area contributed by atoms with E-state index in [1.807, 2.05) is 31.2 Å². The highest BCUT2D eigenvalue weighted by Crippen LogP contribution is 2.17. The number of para-hydroxylation sites is 1. The van der Waals surface area contributed by atoms with Crippen LogP contribution in [0.15, 0.2) is 58.7 Å². The van der Waals surface area contributed by atoms with Crippen molar-refractivity contribution in [2.24, 2.45) is 0 Å². The van der Waals surface area contributed by atoms with E-state index in [-0.39, 0.29) is 30.2 Å². The van der Waals surface area contributed by atoms with Gasteiger partial charge in [0.1, 0.15) is 11.6 Å². The number of thiazole rings is 1. The summed E-state index contributed by atoms with van der Waals surface area (Å²) in [6, 6.07) is 14.2. The van der Waals surface area contributed by atoms with Crippen LogP contribution in [0.4, 0.5) is 5.69 Å². The van der Waals surface area contributed by atoms with E-state index in [9.17, 15) is 14.4 Å². The Morgan fingerprint density at radius 1 is 1.10 bits per heavy atom. The molecule has 2 aromatic heterocycles. The summed E-state index contributed by atoms with van der Waals surface area (Å²) >= 11 is 1.32. The van der Waals surface area contributed by atoms with Gasteiger partial charge in [0.25, 0.3) is 5.56 Å². The number of amides is 1. The Morgan fingerprint density at radius 2 is 1.84 bits per heavy atom. The second kappa shape index (κ2) is 8.88. The fourth-order valence-electron chi connectivity index (χ4n) is 3.02. The Bertz CT molecular complexity index is 1330. The molecule has 4 rings (SSSR count). The molecule has 0 atom stereocenters. The molecule has 0 aliphatic heterocycles. The molecule has 0 aliphatic rings. The highest BCUT2D eigenvalue weighted by Gasteiger charge is 2.16. The zero-order valence-electron chi connectivity index (χ0n) is 16.5. The largest absolute Gasteiger partial charge is 0.454 e. The third-order valence-corrected chi connectivity index (χ3v) is 5.47. The lowest BCUT2D eigenvalue weighted by Crippen LogP contribution is -2.16. The molecule has 0 aliphatic carbocycles. The summed E-state index contributed by atoms with van der Waals surface area (Å²) in [5.41, 5.74) is 1.93. The first-order valence-electron chi connectivity index (χ1n) is 9.44. The molecule has 0 unspecified atom stereocenters. The maximum Gasteiger partial charge on any atom is 0.359 e. The number of nitrogens with one attached hydrogen (secondary N) is 2. The molecule has 0 bridgehead atoms. The summed E-state index contributed by atoms with van der Waals surface area (Å²) in [7, 11) is 0. The number of rotatable bonds is 6. The smallest absolute Gasteiger partial charge is 0.359 e. The van der Waals surface area contributed by atoms with Gasteiger partial charge in [0.05, 0.1) is 17.5 Å². The summed E-state index contributed by atoms with van der Waals surface area (Å²) in [6.45, 7) is 1.86. The van der Waals surface area contributed by atoms with E-state index in [1.165, 1.54) is 11.3 Å². The molecule has 9 heteroatoms. The monoisotopic (exact) mass is 434 g/mol. The fraction of sp³-hybridized carbons (Fsp3) is 0.136. The van der Waals surface area contributed by atoms with Gasteiger partial charge in [-0.2, -0.15) is 5.10 Å². The predicted molar refractivity (Wildman–Crippen MR) is 117 cm³/mol. The van der Waals surface area contributed by atoms with Crippen LogP contribution in [0.25, 0.3) is 10.8 Å². The topological polar surface area (TPSA) is 114 Å². The van der Waals surface area contributed by atoms with Gasteiger partial charge in [0.2, 0.25) is 5.91 Å². The normalized spacial score (nSPS) is 10.7. The van der Waals surface area contributed by atoms with Gasteiger partial charge in [-0.25, -0.2) is 14.9 Å². The number of H-pyrrole nitrogens is 1. The number of ether oxygens (including phenoxy) is 1. The minimum absolute atomic E-state index is 0.0308. The van der Waals surface area contributed by atoms with Crippen molar-refractivity contribution in [1.82, 2.24) is 15.2 Å². The van der Waals surface area contributed by atoms with Gasteiger partial charge in [0.15, 0.2) is 5.69 Å². The van der Waals surface area contributed by atoms with E-state index >= 15 is 0 Å². The zero-order chi connectivity index (χ0) is 21.8. The summed E-state index contributed by atoms with van der Waals surface area (Å²) in [5, 5.41) is 12.1. The van der Waals surface area contributed by atoms with Gasteiger partial charge in [-0.1, -0.05) is 36.4 Å². The average molecular weight is 434 g/mol. The van der Waals surface area contributed by atoms with Gasteiger partial charge in [-0.3, -0.25) is 9.59 Å². The Morgan fingerprint density at radius 3 is 2.65 bits per heavy atom. The van der Waals surface area contributed by atoms with Gasteiger partial charge in [-0.15, -0.1) is 11.3 Å². The number of carbonyl (C=O) groups excluding carboxylic acids is 2. The number of hydrogen-bond acceptors (Lipinski definition) is 7. The predicted octanol–water partition coefficient (Wildman–Crippen LogP) is 3.23. The SMILES string of the molecule is Cc1ccccc1NC(=O)Cc1nc(COC(=O)c2n[nH]c(=O)c3ccccc23)cs1. The molecule has 0 fully saturated rings. The van der Waals surface area contributed by atoms with Crippen molar-refractivity contribution in [3.8, 4) is 0 Å². The Kier molecular flexibility index (Phi) is 5.85. The van der Waals surface area contributed by atoms with Crippen molar-refractivity contribution in [2.45, 2.75) is 20.0 Å². The van der Waals surface area contributed by atoms with Crippen LogP contribution in [0.2, 0.25) is 0 Å². The maximum atomic E-state index is 12.5. The molecule has 31 heavy (non-hydrogen) atoms. The number of carbonyl (C=O) groups is 2. The molecule has 2 heterocycles. The van der Waals surface area contributed by atoms with Crippen molar-refractivity contribution < 1.29 is 14.3 Å². The number of aryl methyl sites for hydroxylation is 1. The second-order valence-electron chi connectivity index (χ2n) is 6.80. The molecule has 8 nitrogen and oxygen atoms in total. The number of aromatic nitrogens is 3. The summed E-state index contributed by atoms with van der Waals surface area (Å²) in [4.78, 5) is 41.0. The Balaban J connectivity index is 1.38. The summed E-state index contributed by atoms with van der Waals surface area (Å²) in [5.74, 6) is -0.838. The van der Waals surface area contributed by atoms with Gasteiger partial charge in [-0.05, 0) is 24.6 Å². The summed E-state index contributed by atoms with van der Waals surface area (Å²) in [6.07, 6.45) is 0.124. The first-order chi connectivity index (χ1) is 15.0. The first kappa shape index (κ1) is 20.4. The van der Waals surface area contributed by atoms with E-state index in [2.05, 4.69) is 20.5 Å². The van der Waals surface area contributed by atoms with Gasteiger partial charge in [0, 0.05) is 16.5 Å². The minimum Gasteiger partial charge on any atom is -0.454 e. The first-order valence-corrected chi connectivity index (χ1v) is 10.3. The standard InChI is InChI=1S/C22H18N4O4S/c1-13-6-2-5-9-17(13)24-18(27)10-19-23-14(12-31-19)11-30-22(29)20-15-7-3-4-8-16(15)21(28)26-25-20/h2-9,12H,10-11H2,1H3,(H,24,27)(H,26,28). The van der Waals surface area contributed by atoms with Crippen molar-refractivity contribution in [1.29, 1.82) is 0 Å². The van der Waals surface area contributed by atoms with E-state index in [0.717, 1.165) is 11.3 Å². The van der Waals surface area contributed by atoms with Crippen molar-refractivity contribution >= 4 is 39.7 Å². The molecule has 0 radical (unpaired) electrons. The molecule has 4 aromatic rings. The van der Waals surface area contributed by atoms with Crippen LogP contribution < -0.4 is 10.9 Å². The van der Waals surface area contributed by atoms with Crippen LogP contribution in [0.3, 0.4) is 0 Å². The maximum absolute atomic E-state index is 12.5. The van der Waals surface area contributed by atoms with Crippen molar-refractivity contribution in [3.05, 3.63) is 86.2 Å². The lowest BCUT2D eigenvalue weighted by Gasteiger charge is -2.06. The zero-order valence-corrected chi connectivity index (χ0v) is 17.4. The van der Waals surface area contributed by atoms with Crippen LogP contribution in [0, 0.1) is 6.92 Å². The van der Waals surface area contributed by atoms with Gasteiger partial charge < -0.3 is 10.1 Å². The molecule has 2 N–H and O–H groups in total. The Labute approximate surface area is 180 Å². The third kappa shape index (κ3) is 4.67. The number of aromatic amines is 1. The third-order valence-electron chi connectivity index (χ3n) is 4.57. The van der Waals surface area contributed by atoms with Crippen molar-refractivity contribution in [3.63, 3.8) is 0 Å². The molecular formula is C22H18N4O4S. The quantitative estimate of drug-likeness (QED) is 0.451.